The van der Waals surface area contributed by atoms with Crippen molar-refractivity contribution in [3.05, 3.63) is 28.8 Å². The van der Waals surface area contributed by atoms with E-state index in [2.05, 4.69) is 24.2 Å². The van der Waals surface area contributed by atoms with E-state index in [1.165, 1.54) is 12.8 Å². The number of amides is 1. The van der Waals surface area contributed by atoms with Crippen LogP contribution in [0, 0.1) is 6.92 Å². The van der Waals surface area contributed by atoms with Crippen molar-refractivity contribution in [2.75, 3.05) is 20.2 Å². The van der Waals surface area contributed by atoms with Gasteiger partial charge in [0.1, 0.15) is 5.75 Å². The topological polar surface area (TPSA) is 41.6 Å². The van der Waals surface area contributed by atoms with E-state index in [9.17, 15) is 4.79 Å². The summed E-state index contributed by atoms with van der Waals surface area (Å²) in [5.41, 5.74) is 1.01. The van der Waals surface area contributed by atoms with Gasteiger partial charge in [0, 0.05) is 30.1 Å². The average molecular weight is 339 g/mol. The van der Waals surface area contributed by atoms with E-state index in [0.717, 1.165) is 17.4 Å². The van der Waals surface area contributed by atoms with Crippen LogP contribution in [0.1, 0.15) is 38.2 Å². The Balaban J connectivity index is 1.59. The van der Waals surface area contributed by atoms with Gasteiger partial charge in [-0.3, -0.25) is 9.69 Å². The zero-order valence-corrected chi connectivity index (χ0v) is 15.0. The number of hydrogen-bond donors (Lipinski definition) is 1. The fourth-order valence-corrected chi connectivity index (χ4v) is 2.75. The van der Waals surface area contributed by atoms with Gasteiger partial charge < -0.3 is 10.1 Å². The standard InChI is InChI=1S/C18H27ClN2O2/c1-13-11-15(19)6-9-17(13)23-10-4-5-18(22)20-12-14(2)21(3)16-7-8-16/h6,9,11,14,16H,4-5,7-8,10,12H2,1-3H3,(H,20,22). The van der Waals surface area contributed by atoms with Crippen LogP contribution in [-0.2, 0) is 4.79 Å². The Morgan fingerprint density at radius 1 is 1.48 bits per heavy atom. The molecule has 1 aliphatic carbocycles. The number of carbonyl (C=O) groups excluding carboxylic acids is 1. The largest absolute Gasteiger partial charge is 0.493 e. The lowest BCUT2D eigenvalue weighted by Gasteiger charge is -2.24. The molecule has 1 aromatic carbocycles. The van der Waals surface area contributed by atoms with Gasteiger partial charge in [-0.15, -0.1) is 0 Å². The van der Waals surface area contributed by atoms with Gasteiger partial charge in [0.15, 0.2) is 0 Å². The summed E-state index contributed by atoms with van der Waals surface area (Å²) in [6.45, 7) is 5.37. The van der Waals surface area contributed by atoms with E-state index in [1.807, 2.05) is 25.1 Å². The van der Waals surface area contributed by atoms with Crippen LogP contribution in [-0.4, -0.2) is 43.1 Å². The van der Waals surface area contributed by atoms with Gasteiger partial charge in [0.05, 0.1) is 6.61 Å². The Hall–Kier alpha value is -1.26. The Labute approximate surface area is 144 Å². The van der Waals surface area contributed by atoms with Gasteiger partial charge in [0.25, 0.3) is 0 Å². The van der Waals surface area contributed by atoms with Crippen molar-refractivity contribution in [1.82, 2.24) is 10.2 Å². The molecule has 1 atom stereocenters. The molecule has 4 nitrogen and oxygen atoms in total. The Morgan fingerprint density at radius 2 is 2.22 bits per heavy atom. The van der Waals surface area contributed by atoms with Crippen molar-refractivity contribution >= 4 is 17.5 Å². The van der Waals surface area contributed by atoms with Gasteiger partial charge in [0.2, 0.25) is 5.91 Å². The molecular formula is C18H27ClN2O2. The van der Waals surface area contributed by atoms with E-state index in [0.29, 0.717) is 37.1 Å². The maximum absolute atomic E-state index is 11.9. The molecule has 128 valence electrons. The normalized spacial score (nSPS) is 15.5. The van der Waals surface area contributed by atoms with Crippen LogP contribution < -0.4 is 10.1 Å². The summed E-state index contributed by atoms with van der Waals surface area (Å²) in [6, 6.07) is 6.67. The van der Waals surface area contributed by atoms with Crippen molar-refractivity contribution in [1.29, 1.82) is 0 Å². The number of nitrogens with zero attached hydrogens (tertiary/aromatic N) is 1. The third kappa shape index (κ3) is 6.04. The van der Waals surface area contributed by atoms with Crippen LogP contribution >= 0.6 is 11.6 Å². The minimum Gasteiger partial charge on any atom is -0.493 e. The number of nitrogens with one attached hydrogen (secondary N) is 1. The first-order valence-corrected chi connectivity index (χ1v) is 8.72. The summed E-state index contributed by atoms with van der Waals surface area (Å²) in [5.74, 6) is 0.923. The number of rotatable bonds is 9. The molecule has 2 rings (SSSR count). The summed E-state index contributed by atoms with van der Waals surface area (Å²) in [7, 11) is 2.14. The van der Waals surface area contributed by atoms with Crippen molar-refractivity contribution in [2.24, 2.45) is 0 Å². The SMILES string of the molecule is Cc1cc(Cl)ccc1OCCCC(=O)NCC(C)N(C)C1CC1. The number of halogens is 1. The number of benzene rings is 1. The maximum Gasteiger partial charge on any atom is 0.220 e. The van der Waals surface area contributed by atoms with E-state index in [4.69, 9.17) is 16.3 Å². The van der Waals surface area contributed by atoms with E-state index in [1.54, 1.807) is 0 Å². The first kappa shape index (κ1) is 18.1. The first-order chi connectivity index (χ1) is 11.0. The number of carbonyl (C=O) groups is 1. The predicted molar refractivity (Wildman–Crippen MR) is 94.2 cm³/mol. The molecular weight excluding hydrogens is 312 g/mol. The molecule has 1 saturated carbocycles. The van der Waals surface area contributed by atoms with Gasteiger partial charge in [-0.05, 0) is 63.9 Å². The highest BCUT2D eigenvalue weighted by molar-refractivity contribution is 6.30. The lowest BCUT2D eigenvalue weighted by molar-refractivity contribution is -0.121. The molecule has 1 unspecified atom stereocenters. The number of likely N-dealkylation sites (N-methyl/N-ethyl adjacent to an activating group) is 1. The second-order valence-electron chi connectivity index (χ2n) is 6.41. The zero-order valence-electron chi connectivity index (χ0n) is 14.3. The molecule has 1 N–H and O–H groups in total. The molecule has 0 saturated heterocycles. The Kier molecular flexibility index (Phi) is 6.72. The van der Waals surface area contributed by atoms with E-state index >= 15 is 0 Å². The molecule has 1 amide bonds. The van der Waals surface area contributed by atoms with Crippen LogP contribution in [0.4, 0.5) is 0 Å². The second-order valence-corrected chi connectivity index (χ2v) is 6.85. The molecule has 0 aromatic heterocycles. The van der Waals surface area contributed by atoms with Crippen molar-refractivity contribution in [3.8, 4) is 5.75 Å². The van der Waals surface area contributed by atoms with Crippen molar-refractivity contribution < 1.29 is 9.53 Å². The smallest absolute Gasteiger partial charge is 0.220 e. The number of ether oxygens (including phenoxy) is 1. The molecule has 0 aliphatic heterocycles. The Morgan fingerprint density at radius 3 is 2.87 bits per heavy atom. The van der Waals surface area contributed by atoms with Crippen LogP contribution in [0.15, 0.2) is 18.2 Å². The quantitative estimate of drug-likeness (QED) is 0.702. The van der Waals surface area contributed by atoms with Crippen molar-refractivity contribution in [2.45, 2.75) is 51.6 Å². The number of hydrogen-bond acceptors (Lipinski definition) is 3. The second kappa shape index (κ2) is 8.55. The molecule has 5 heteroatoms. The zero-order chi connectivity index (χ0) is 16.8. The van der Waals surface area contributed by atoms with E-state index < -0.39 is 0 Å². The maximum atomic E-state index is 11.9. The minimum absolute atomic E-state index is 0.0949. The summed E-state index contributed by atoms with van der Waals surface area (Å²) < 4.78 is 5.70. The van der Waals surface area contributed by atoms with Gasteiger partial charge in [-0.25, -0.2) is 0 Å². The summed E-state index contributed by atoms with van der Waals surface area (Å²) in [6.07, 6.45) is 3.78. The molecule has 1 aromatic rings. The third-order valence-corrected chi connectivity index (χ3v) is 4.59. The monoisotopic (exact) mass is 338 g/mol. The summed E-state index contributed by atoms with van der Waals surface area (Å²) >= 11 is 5.91. The first-order valence-electron chi connectivity index (χ1n) is 8.35. The number of aryl methyl sites for hydroxylation is 1. The van der Waals surface area contributed by atoms with Gasteiger partial charge in [-0.2, -0.15) is 0 Å². The molecule has 0 bridgehead atoms. The summed E-state index contributed by atoms with van der Waals surface area (Å²) in [4.78, 5) is 14.2. The summed E-state index contributed by atoms with van der Waals surface area (Å²) in [5, 5.41) is 3.72. The molecule has 0 heterocycles. The fourth-order valence-electron chi connectivity index (χ4n) is 2.53. The highest BCUT2D eigenvalue weighted by Crippen LogP contribution is 2.26. The van der Waals surface area contributed by atoms with Crippen LogP contribution in [0.3, 0.4) is 0 Å². The van der Waals surface area contributed by atoms with Gasteiger partial charge in [-0.1, -0.05) is 11.6 Å². The average Bonchev–Trinajstić information content (AvgIpc) is 3.35. The van der Waals surface area contributed by atoms with Crippen LogP contribution in [0.2, 0.25) is 5.02 Å². The predicted octanol–water partition coefficient (Wildman–Crippen LogP) is 3.41. The molecule has 0 spiro atoms. The molecule has 1 fully saturated rings. The minimum atomic E-state index is 0.0949. The van der Waals surface area contributed by atoms with E-state index in [-0.39, 0.29) is 5.91 Å². The van der Waals surface area contributed by atoms with Crippen LogP contribution in [0.25, 0.3) is 0 Å². The van der Waals surface area contributed by atoms with Crippen molar-refractivity contribution in [3.63, 3.8) is 0 Å². The highest BCUT2D eigenvalue weighted by atomic mass is 35.5. The molecule has 23 heavy (non-hydrogen) atoms. The van der Waals surface area contributed by atoms with Gasteiger partial charge >= 0.3 is 0 Å². The fraction of sp³-hybridized carbons (Fsp3) is 0.611. The lowest BCUT2D eigenvalue weighted by Crippen LogP contribution is -2.41. The molecule has 1 aliphatic rings. The third-order valence-electron chi connectivity index (χ3n) is 4.36. The highest BCUT2D eigenvalue weighted by Gasteiger charge is 2.28. The Bertz CT molecular complexity index is 532. The lowest BCUT2D eigenvalue weighted by atomic mass is 10.2. The van der Waals surface area contributed by atoms with Crippen LogP contribution in [0.5, 0.6) is 5.75 Å². The molecule has 0 radical (unpaired) electrons.